The average Bonchev–Trinajstić information content (AvgIpc) is 2.58. The monoisotopic (exact) mass is 290 g/mol. The highest BCUT2D eigenvalue weighted by Gasteiger charge is 2.22. The minimum atomic E-state index is -0.194. The molecule has 15 heavy (non-hydrogen) atoms. The Kier molecular flexibility index (Phi) is 3.68. The van der Waals surface area contributed by atoms with Gasteiger partial charge >= 0.3 is 0 Å². The Balaban J connectivity index is 2.02. The van der Waals surface area contributed by atoms with Gasteiger partial charge in [-0.1, -0.05) is 6.07 Å². The Morgan fingerprint density at radius 1 is 1.40 bits per heavy atom. The van der Waals surface area contributed by atoms with Gasteiger partial charge in [-0.15, -0.1) is 11.6 Å². The normalized spacial score (nSPS) is 25.8. The van der Waals surface area contributed by atoms with Gasteiger partial charge in [0.1, 0.15) is 5.82 Å². The fourth-order valence-corrected chi connectivity index (χ4v) is 3.00. The predicted molar refractivity (Wildman–Crippen MR) is 64.8 cm³/mol. The molecular formula is C12H13BrClF. The third kappa shape index (κ3) is 2.94. The van der Waals surface area contributed by atoms with Crippen molar-refractivity contribution in [1.82, 2.24) is 0 Å². The summed E-state index contributed by atoms with van der Waals surface area (Å²) in [5.74, 6) is 0.477. The molecule has 1 fully saturated rings. The highest BCUT2D eigenvalue weighted by molar-refractivity contribution is 9.10. The average molecular weight is 292 g/mol. The summed E-state index contributed by atoms with van der Waals surface area (Å²) in [5.41, 5.74) is 1.19. The second-order valence-corrected chi connectivity index (χ2v) is 5.70. The second kappa shape index (κ2) is 4.84. The number of rotatable bonds is 2. The van der Waals surface area contributed by atoms with E-state index in [1.807, 2.05) is 12.1 Å². The minimum Gasteiger partial charge on any atom is -0.206 e. The molecule has 1 aromatic rings. The molecule has 2 atom stereocenters. The Morgan fingerprint density at radius 3 is 2.80 bits per heavy atom. The van der Waals surface area contributed by atoms with E-state index in [2.05, 4.69) is 15.9 Å². The first kappa shape index (κ1) is 11.4. The zero-order valence-corrected chi connectivity index (χ0v) is 10.7. The van der Waals surface area contributed by atoms with Crippen molar-refractivity contribution in [3.05, 3.63) is 34.1 Å². The van der Waals surface area contributed by atoms with E-state index in [-0.39, 0.29) is 5.82 Å². The highest BCUT2D eigenvalue weighted by atomic mass is 79.9. The molecule has 1 aromatic carbocycles. The lowest BCUT2D eigenvalue weighted by Crippen LogP contribution is -2.00. The predicted octanol–water partition coefficient (Wildman–Crippen LogP) is 4.54. The van der Waals surface area contributed by atoms with Crippen LogP contribution >= 0.6 is 27.5 Å². The SMILES string of the molecule is Fc1ccc(CC2CCC(Cl)C2)cc1Br. The van der Waals surface area contributed by atoms with Gasteiger partial charge < -0.3 is 0 Å². The van der Waals surface area contributed by atoms with Crippen LogP contribution in [0.15, 0.2) is 22.7 Å². The summed E-state index contributed by atoms with van der Waals surface area (Å²) in [7, 11) is 0. The lowest BCUT2D eigenvalue weighted by molar-refractivity contribution is 0.545. The quantitative estimate of drug-likeness (QED) is 0.702. The molecule has 0 saturated heterocycles. The second-order valence-electron chi connectivity index (χ2n) is 4.23. The van der Waals surface area contributed by atoms with E-state index in [4.69, 9.17) is 11.6 Å². The zero-order chi connectivity index (χ0) is 10.8. The summed E-state index contributed by atoms with van der Waals surface area (Å²) in [6.45, 7) is 0. The van der Waals surface area contributed by atoms with E-state index in [1.165, 1.54) is 18.1 Å². The van der Waals surface area contributed by atoms with Gasteiger partial charge in [-0.05, 0) is 65.2 Å². The van der Waals surface area contributed by atoms with E-state index < -0.39 is 0 Å². The molecule has 0 heterocycles. The van der Waals surface area contributed by atoms with Gasteiger partial charge in [0.15, 0.2) is 0 Å². The van der Waals surface area contributed by atoms with E-state index in [9.17, 15) is 4.39 Å². The molecule has 0 bridgehead atoms. The van der Waals surface area contributed by atoms with E-state index in [0.29, 0.717) is 15.8 Å². The van der Waals surface area contributed by atoms with Crippen LogP contribution < -0.4 is 0 Å². The Labute approximate surface area is 103 Å². The Morgan fingerprint density at radius 2 is 2.20 bits per heavy atom. The van der Waals surface area contributed by atoms with Crippen LogP contribution in [0.25, 0.3) is 0 Å². The van der Waals surface area contributed by atoms with Gasteiger partial charge in [-0.25, -0.2) is 4.39 Å². The first-order valence-corrected chi connectivity index (χ1v) is 6.46. The van der Waals surface area contributed by atoms with E-state index in [0.717, 1.165) is 19.3 Å². The van der Waals surface area contributed by atoms with Gasteiger partial charge in [0, 0.05) is 5.38 Å². The van der Waals surface area contributed by atoms with Crippen molar-refractivity contribution in [3.63, 3.8) is 0 Å². The first-order valence-electron chi connectivity index (χ1n) is 5.23. The lowest BCUT2D eigenvalue weighted by Gasteiger charge is -2.09. The van der Waals surface area contributed by atoms with Gasteiger partial charge in [0.25, 0.3) is 0 Å². The summed E-state index contributed by atoms with van der Waals surface area (Å²) in [5, 5.41) is 0.346. The van der Waals surface area contributed by atoms with Crippen LogP contribution in [0.3, 0.4) is 0 Å². The molecule has 2 rings (SSSR count). The Bertz CT molecular complexity index is 353. The molecule has 3 heteroatoms. The molecular weight excluding hydrogens is 278 g/mol. The molecule has 0 radical (unpaired) electrons. The summed E-state index contributed by atoms with van der Waals surface area (Å²) in [6.07, 6.45) is 4.43. The van der Waals surface area contributed by atoms with Crippen LogP contribution in [0.2, 0.25) is 0 Å². The molecule has 0 nitrogen and oxygen atoms in total. The molecule has 1 saturated carbocycles. The number of hydrogen-bond acceptors (Lipinski definition) is 0. The van der Waals surface area contributed by atoms with Gasteiger partial charge in [0.05, 0.1) is 4.47 Å². The van der Waals surface area contributed by atoms with Crippen molar-refractivity contribution in [1.29, 1.82) is 0 Å². The number of halogens is 3. The van der Waals surface area contributed by atoms with Crippen molar-refractivity contribution in [2.45, 2.75) is 31.1 Å². The number of alkyl halides is 1. The fraction of sp³-hybridized carbons (Fsp3) is 0.500. The van der Waals surface area contributed by atoms with Gasteiger partial charge in [-0.2, -0.15) is 0 Å². The molecule has 0 N–H and O–H groups in total. The molecule has 1 aliphatic rings. The van der Waals surface area contributed by atoms with E-state index >= 15 is 0 Å². The number of hydrogen-bond donors (Lipinski definition) is 0. The van der Waals surface area contributed by atoms with Crippen LogP contribution in [0.5, 0.6) is 0 Å². The van der Waals surface area contributed by atoms with Gasteiger partial charge in [0.2, 0.25) is 0 Å². The highest BCUT2D eigenvalue weighted by Crippen LogP contribution is 2.32. The zero-order valence-electron chi connectivity index (χ0n) is 8.35. The maximum absolute atomic E-state index is 13.0. The van der Waals surface area contributed by atoms with Crippen molar-refractivity contribution >= 4 is 27.5 Å². The van der Waals surface area contributed by atoms with Crippen molar-refractivity contribution in [3.8, 4) is 0 Å². The van der Waals surface area contributed by atoms with Crippen LogP contribution in [0.4, 0.5) is 4.39 Å². The van der Waals surface area contributed by atoms with Crippen molar-refractivity contribution < 1.29 is 4.39 Å². The van der Waals surface area contributed by atoms with Gasteiger partial charge in [-0.3, -0.25) is 0 Å². The molecule has 2 unspecified atom stereocenters. The van der Waals surface area contributed by atoms with E-state index in [1.54, 1.807) is 0 Å². The fourth-order valence-electron chi connectivity index (χ4n) is 2.20. The molecule has 1 aliphatic carbocycles. The van der Waals surface area contributed by atoms with Crippen LogP contribution in [0, 0.1) is 11.7 Å². The largest absolute Gasteiger partial charge is 0.206 e. The van der Waals surface area contributed by atoms with Crippen molar-refractivity contribution in [2.75, 3.05) is 0 Å². The maximum Gasteiger partial charge on any atom is 0.137 e. The molecule has 0 aromatic heterocycles. The minimum absolute atomic E-state index is 0.194. The summed E-state index contributed by atoms with van der Waals surface area (Å²) in [4.78, 5) is 0. The molecule has 0 amide bonds. The molecule has 0 spiro atoms. The van der Waals surface area contributed by atoms with Crippen LogP contribution in [-0.4, -0.2) is 5.38 Å². The third-order valence-electron chi connectivity index (χ3n) is 2.99. The third-order valence-corrected chi connectivity index (χ3v) is 3.99. The maximum atomic E-state index is 13.0. The first-order chi connectivity index (χ1) is 7.15. The van der Waals surface area contributed by atoms with Crippen molar-refractivity contribution in [2.24, 2.45) is 5.92 Å². The molecule has 82 valence electrons. The smallest absolute Gasteiger partial charge is 0.137 e. The van der Waals surface area contributed by atoms with Crippen LogP contribution in [0.1, 0.15) is 24.8 Å². The number of benzene rings is 1. The Hall–Kier alpha value is -0.0800. The van der Waals surface area contributed by atoms with Crippen LogP contribution in [-0.2, 0) is 6.42 Å². The summed E-state index contributed by atoms with van der Waals surface area (Å²) >= 11 is 9.27. The molecule has 0 aliphatic heterocycles. The topological polar surface area (TPSA) is 0 Å². The summed E-state index contributed by atoms with van der Waals surface area (Å²) in [6, 6.07) is 5.26. The lowest BCUT2D eigenvalue weighted by atomic mass is 9.98. The standard InChI is InChI=1S/C12H13BrClF/c13-11-7-9(2-4-12(11)15)5-8-1-3-10(14)6-8/h2,4,7-8,10H,1,3,5-6H2. The summed E-state index contributed by atoms with van der Waals surface area (Å²) < 4.78 is 13.6.